The van der Waals surface area contributed by atoms with Crippen molar-refractivity contribution in [1.82, 2.24) is 0 Å². The highest BCUT2D eigenvalue weighted by atomic mass is 16.6. The number of carboxylic acids is 1. The number of carboxylic acid groups (broad SMARTS) is 1. The normalized spacial score (nSPS) is 39.1. The van der Waals surface area contributed by atoms with Crippen LogP contribution >= 0.6 is 0 Å². The lowest BCUT2D eigenvalue weighted by molar-refractivity contribution is -0.203. The van der Waals surface area contributed by atoms with Crippen molar-refractivity contribution in [2.24, 2.45) is 0 Å². The highest BCUT2D eigenvalue weighted by Crippen LogP contribution is 2.33. The molecule has 1 fully saturated rings. The van der Waals surface area contributed by atoms with Crippen LogP contribution in [0.4, 0.5) is 0 Å². The molecule has 0 spiro atoms. The number of rotatable bonds is 2. The van der Waals surface area contributed by atoms with E-state index < -0.39 is 48.7 Å². The van der Waals surface area contributed by atoms with Crippen molar-refractivity contribution in [3.8, 4) is 0 Å². The van der Waals surface area contributed by atoms with Crippen LogP contribution in [0, 0.1) is 0 Å². The van der Waals surface area contributed by atoms with E-state index in [2.05, 4.69) is 4.74 Å². The SMILES string of the molecule is CC(=O)OC1(C(=O)O)C[C@@H](O)C(O)[C@H](O)C1. The third-order valence-electron chi connectivity index (χ3n) is 2.60. The Balaban J connectivity index is 2.95. The van der Waals surface area contributed by atoms with Crippen molar-refractivity contribution in [2.75, 3.05) is 0 Å². The van der Waals surface area contributed by atoms with Crippen LogP contribution in [0.15, 0.2) is 0 Å². The lowest BCUT2D eigenvalue weighted by Crippen LogP contribution is -2.57. The molecule has 7 nitrogen and oxygen atoms in total. The van der Waals surface area contributed by atoms with Gasteiger partial charge in [-0.3, -0.25) is 4.79 Å². The summed E-state index contributed by atoms with van der Waals surface area (Å²) in [6.07, 6.45) is -5.21. The maximum absolute atomic E-state index is 11.0. The van der Waals surface area contributed by atoms with Crippen molar-refractivity contribution < 1.29 is 34.8 Å². The number of aliphatic hydroxyl groups is 3. The summed E-state index contributed by atoms with van der Waals surface area (Å²) >= 11 is 0. The number of carbonyl (C=O) groups excluding carboxylic acids is 1. The van der Waals surface area contributed by atoms with Crippen LogP contribution in [-0.4, -0.2) is 56.3 Å². The zero-order valence-electron chi connectivity index (χ0n) is 8.66. The molecule has 0 aromatic rings. The van der Waals surface area contributed by atoms with E-state index in [0.717, 1.165) is 6.92 Å². The van der Waals surface area contributed by atoms with E-state index in [1.165, 1.54) is 0 Å². The van der Waals surface area contributed by atoms with Crippen LogP contribution in [0.25, 0.3) is 0 Å². The van der Waals surface area contributed by atoms with Crippen LogP contribution in [-0.2, 0) is 14.3 Å². The third kappa shape index (κ3) is 2.31. The van der Waals surface area contributed by atoms with E-state index >= 15 is 0 Å². The van der Waals surface area contributed by atoms with Gasteiger partial charge in [-0.25, -0.2) is 4.79 Å². The standard InChI is InChI=1S/C9H14O7/c1-4(10)16-9(8(14)15)2-5(11)7(13)6(12)3-9/h5-7,11-13H,2-3H2,1H3,(H,14,15)/t5-,6-,7?,9?/m1/s1. The fourth-order valence-corrected chi connectivity index (χ4v) is 1.83. The van der Waals surface area contributed by atoms with Gasteiger partial charge in [-0.05, 0) is 0 Å². The molecule has 0 saturated heterocycles. The van der Waals surface area contributed by atoms with Crippen molar-refractivity contribution in [1.29, 1.82) is 0 Å². The second kappa shape index (κ2) is 4.36. The topological polar surface area (TPSA) is 124 Å². The molecule has 0 aromatic carbocycles. The molecular weight excluding hydrogens is 220 g/mol. The van der Waals surface area contributed by atoms with E-state index in [9.17, 15) is 24.9 Å². The Hall–Kier alpha value is -1.18. The Morgan fingerprint density at radius 2 is 1.62 bits per heavy atom. The monoisotopic (exact) mass is 234 g/mol. The summed E-state index contributed by atoms with van der Waals surface area (Å²) in [5.41, 5.74) is -1.97. The van der Waals surface area contributed by atoms with E-state index in [4.69, 9.17) is 5.11 Å². The summed E-state index contributed by atoms with van der Waals surface area (Å²) in [5, 5.41) is 37.0. The predicted molar refractivity (Wildman–Crippen MR) is 49.4 cm³/mol. The van der Waals surface area contributed by atoms with Crippen molar-refractivity contribution >= 4 is 11.9 Å². The molecule has 1 aliphatic rings. The molecule has 0 bridgehead atoms. The van der Waals surface area contributed by atoms with Crippen molar-refractivity contribution in [2.45, 2.75) is 43.7 Å². The molecule has 4 N–H and O–H groups in total. The second-order valence-electron chi connectivity index (χ2n) is 3.93. The molecule has 0 aromatic heterocycles. The average Bonchev–Trinajstić information content (AvgIpc) is 2.12. The van der Waals surface area contributed by atoms with Crippen molar-refractivity contribution in [3.05, 3.63) is 0 Å². The van der Waals surface area contributed by atoms with Gasteiger partial charge >= 0.3 is 11.9 Å². The molecule has 0 unspecified atom stereocenters. The van der Waals surface area contributed by atoms with Crippen molar-refractivity contribution in [3.63, 3.8) is 0 Å². The van der Waals surface area contributed by atoms with E-state index in [1.54, 1.807) is 0 Å². The third-order valence-corrected chi connectivity index (χ3v) is 2.60. The molecule has 92 valence electrons. The molecule has 1 saturated carbocycles. The molecule has 0 radical (unpaired) electrons. The quantitative estimate of drug-likeness (QED) is 0.417. The first kappa shape index (κ1) is 12.9. The summed E-state index contributed by atoms with van der Waals surface area (Å²) in [5.74, 6) is -2.27. The first-order valence-corrected chi connectivity index (χ1v) is 4.75. The van der Waals surface area contributed by atoms with Gasteiger partial charge in [-0.2, -0.15) is 0 Å². The summed E-state index contributed by atoms with van der Waals surface area (Å²) in [6.45, 7) is 1.04. The number of carbonyl (C=O) groups is 2. The Morgan fingerprint density at radius 3 is 1.94 bits per heavy atom. The van der Waals surface area contributed by atoms with E-state index in [1.807, 2.05) is 0 Å². The summed E-state index contributed by atoms with van der Waals surface area (Å²) < 4.78 is 4.66. The molecule has 2 atom stereocenters. The zero-order chi connectivity index (χ0) is 12.5. The van der Waals surface area contributed by atoms with Crippen LogP contribution in [0.3, 0.4) is 0 Å². The van der Waals surface area contributed by atoms with Gasteiger partial charge in [0.25, 0.3) is 0 Å². The number of ether oxygens (including phenoxy) is 1. The molecule has 16 heavy (non-hydrogen) atoms. The van der Waals surface area contributed by atoms with Crippen LogP contribution in [0.1, 0.15) is 19.8 Å². The molecule has 7 heteroatoms. The minimum absolute atomic E-state index is 0.444. The number of hydrogen-bond acceptors (Lipinski definition) is 6. The lowest BCUT2D eigenvalue weighted by atomic mass is 9.79. The Labute approximate surface area is 91.3 Å². The highest BCUT2D eigenvalue weighted by molar-refractivity contribution is 5.81. The molecule has 0 amide bonds. The van der Waals surface area contributed by atoms with E-state index in [-0.39, 0.29) is 0 Å². The first-order chi connectivity index (χ1) is 7.28. The summed E-state index contributed by atoms with van der Waals surface area (Å²) in [7, 11) is 0. The van der Waals surface area contributed by atoms with Gasteiger partial charge in [0.05, 0.1) is 12.2 Å². The fourth-order valence-electron chi connectivity index (χ4n) is 1.83. The lowest BCUT2D eigenvalue weighted by Gasteiger charge is -2.39. The van der Waals surface area contributed by atoms with Gasteiger partial charge in [0.15, 0.2) is 0 Å². The van der Waals surface area contributed by atoms with Gasteiger partial charge in [-0.1, -0.05) is 0 Å². The Bertz CT molecular complexity index is 288. The number of esters is 1. The Kier molecular flexibility index (Phi) is 3.51. The number of hydrogen-bond donors (Lipinski definition) is 4. The van der Waals surface area contributed by atoms with Crippen LogP contribution in [0.2, 0.25) is 0 Å². The molecular formula is C9H14O7. The van der Waals surface area contributed by atoms with Gasteiger partial charge < -0.3 is 25.2 Å². The van der Waals surface area contributed by atoms with Gasteiger partial charge in [0.2, 0.25) is 5.60 Å². The second-order valence-corrected chi connectivity index (χ2v) is 3.93. The predicted octanol–water partition coefficient (Wildman–Crippen LogP) is -1.75. The van der Waals surface area contributed by atoms with E-state index in [0.29, 0.717) is 0 Å². The Morgan fingerprint density at radius 1 is 1.19 bits per heavy atom. The van der Waals surface area contributed by atoms with Crippen LogP contribution in [0.5, 0.6) is 0 Å². The maximum Gasteiger partial charge on any atom is 0.348 e. The largest absolute Gasteiger partial charge is 0.478 e. The van der Waals surface area contributed by atoms with Gasteiger partial charge in [-0.15, -0.1) is 0 Å². The smallest absolute Gasteiger partial charge is 0.348 e. The maximum atomic E-state index is 11.0. The average molecular weight is 234 g/mol. The molecule has 1 rings (SSSR count). The van der Waals surface area contributed by atoms with Gasteiger partial charge in [0.1, 0.15) is 6.10 Å². The fraction of sp³-hybridized carbons (Fsp3) is 0.778. The number of aliphatic hydroxyl groups excluding tert-OH is 3. The number of aliphatic carboxylic acids is 1. The van der Waals surface area contributed by atoms with Gasteiger partial charge in [0, 0.05) is 19.8 Å². The summed E-state index contributed by atoms with van der Waals surface area (Å²) in [4.78, 5) is 21.8. The molecule has 0 aliphatic heterocycles. The minimum Gasteiger partial charge on any atom is -0.478 e. The molecule has 1 aliphatic carbocycles. The molecule has 0 heterocycles. The summed E-state index contributed by atoms with van der Waals surface area (Å²) in [6, 6.07) is 0. The zero-order valence-corrected chi connectivity index (χ0v) is 8.66. The van der Waals surface area contributed by atoms with Crippen LogP contribution < -0.4 is 0 Å². The highest BCUT2D eigenvalue weighted by Gasteiger charge is 2.52. The minimum atomic E-state index is -1.97. The first-order valence-electron chi connectivity index (χ1n) is 4.75.